The number of hydrogen-bond donors (Lipinski definition) is 1. The molecular formula is C16H18N4. The van der Waals surface area contributed by atoms with Gasteiger partial charge in [0, 0.05) is 12.6 Å². The SMILES string of the molecule is Cc1cccc(Cn2c(CCN)nc3cccnc32)c1. The molecule has 4 nitrogen and oxygen atoms in total. The van der Waals surface area contributed by atoms with Gasteiger partial charge in [0.25, 0.3) is 0 Å². The van der Waals surface area contributed by atoms with Crippen LogP contribution in [0.15, 0.2) is 42.6 Å². The first-order valence-corrected chi connectivity index (χ1v) is 6.83. The Morgan fingerprint density at radius 2 is 2.10 bits per heavy atom. The van der Waals surface area contributed by atoms with Crippen molar-refractivity contribution in [1.29, 1.82) is 0 Å². The molecule has 0 bridgehead atoms. The zero-order valence-electron chi connectivity index (χ0n) is 11.6. The number of aryl methyl sites for hydroxylation is 1. The van der Waals surface area contributed by atoms with Crippen molar-refractivity contribution in [3.05, 3.63) is 59.5 Å². The maximum absolute atomic E-state index is 5.70. The number of aromatic nitrogens is 3. The molecule has 2 aromatic heterocycles. The Bertz CT molecular complexity index is 730. The number of benzene rings is 1. The lowest BCUT2D eigenvalue weighted by Crippen LogP contribution is -2.11. The van der Waals surface area contributed by atoms with Crippen LogP contribution in [0.1, 0.15) is 17.0 Å². The second-order valence-corrected chi connectivity index (χ2v) is 4.99. The highest BCUT2D eigenvalue weighted by atomic mass is 15.1. The van der Waals surface area contributed by atoms with Crippen molar-refractivity contribution in [2.75, 3.05) is 6.54 Å². The molecule has 0 spiro atoms. The van der Waals surface area contributed by atoms with Crippen LogP contribution in [-0.4, -0.2) is 21.1 Å². The third-order valence-electron chi connectivity index (χ3n) is 3.37. The summed E-state index contributed by atoms with van der Waals surface area (Å²) in [6.45, 7) is 3.48. The average molecular weight is 266 g/mol. The van der Waals surface area contributed by atoms with Crippen molar-refractivity contribution in [1.82, 2.24) is 14.5 Å². The van der Waals surface area contributed by atoms with Gasteiger partial charge in [-0.1, -0.05) is 29.8 Å². The quantitative estimate of drug-likeness (QED) is 0.788. The van der Waals surface area contributed by atoms with Crippen LogP contribution in [0.3, 0.4) is 0 Å². The van der Waals surface area contributed by atoms with E-state index in [4.69, 9.17) is 5.73 Å². The highest BCUT2D eigenvalue weighted by molar-refractivity contribution is 5.71. The normalized spacial score (nSPS) is 11.1. The Hall–Kier alpha value is -2.20. The largest absolute Gasteiger partial charge is 0.330 e. The van der Waals surface area contributed by atoms with Crippen LogP contribution in [0, 0.1) is 6.92 Å². The summed E-state index contributed by atoms with van der Waals surface area (Å²) in [6, 6.07) is 12.4. The van der Waals surface area contributed by atoms with Gasteiger partial charge in [-0.2, -0.15) is 0 Å². The highest BCUT2D eigenvalue weighted by Gasteiger charge is 2.11. The molecule has 0 aliphatic rings. The van der Waals surface area contributed by atoms with Crippen LogP contribution in [0.5, 0.6) is 0 Å². The maximum Gasteiger partial charge on any atom is 0.160 e. The van der Waals surface area contributed by atoms with Gasteiger partial charge < -0.3 is 10.3 Å². The van der Waals surface area contributed by atoms with Crippen LogP contribution in [0.4, 0.5) is 0 Å². The summed E-state index contributed by atoms with van der Waals surface area (Å²) in [6.07, 6.45) is 2.57. The van der Waals surface area contributed by atoms with Gasteiger partial charge in [0.15, 0.2) is 5.65 Å². The van der Waals surface area contributed by atoms with Gasteiger partial charge in [-0.3, -0.25) is 0 Å². The average Bonchev–Trinajstić information content (AvgIpc) is 2.78. The predicted octanol–water partition coefficient (Wildman–Crippen LogP) is 2.29. The summed E-state index contributed by atoms with van der Waals surface area (Å²) in [7, 11) is 0. The fourth-order valence-electron chi connectivity index (χ4n) is 2.48. The minimum absolute atomic E-state index is 0.594. The molecule has 3 aromatic rings. The van der Waals surface area contributed by atoms with Crippen molar-refractivity contribution >= 4 is 11.2 Å². The Kier molecular flexibility index (Phi) is 3.48. The van der Waals surface area contributed by atoms with E-state index in [1.54, 1.807) is 0 Å². The molecule has 0 saturated carbocycles. The standard InChI is InChI=1S/C16H18N4/c1-12-4-2-5-13(10-12)11-20-15(7-8-17)19-14-6-3-9-18-16(14)20/h2-6,9-10H,7-8,11,17H2,1H3. The third kappa shape index (κ3) is 2.42. The number of nitrogens with two attached hydrogens (primary N) is 1. The number of pyridine rings is 1. The first-order chi connectivity index (χ1) is 9.78. The first-order valence-electron chi connectivity index (χ1n) is 6.83. The molecule has 0 unspecified atom stereocenters. The Morgan fingerprint density at radius 3 is 2.90 bits per heavy atom. The predicted molar refractivity (Wildman–Crippen MR) is 80.6 cm³/mol. The molecule has 2 N–H and O–H groups in total. The molecule has 0 saturated heterocycles. The molecule has 0 fully saturated rings. The summed E-state index contributed by atoms with van der Waals surface area (Å²) in [5.74, 6) is 1.00. The molecule has 3 rings (SSSR count). The zero-order chi connectivity index (χ0) is 13.9. The number of nitrogens with zero attached hydrogens (tertiary/aromatic N) is 3. The lowest BCUT2D eigenvalue weighted by atomic mass is 10.1. The number of hydrogen-bond acceptors (Lipinski definition) is 3. The lowest BCUT2D eigenvalue weighted by Gasteiger charge is -2.09. The molecule has 0 amide bonds. The molecule has 4 heteroatoms. The Balaban J connectivity index is 2.06. The highest BCUT2D eigenvalue weighted by Crippen LogP contribution is 2.16. The van der Waals surface area contributed by atoms with Crippen molar-refractivity contribution in [3.63, 3.8) is 0 Å². The van der Waals surface area contributed by atoms with Crippen LogP contribution in [0.25, 0.3) is 11.2 Å². The van der Waals surface area contributed by atoms with Gasteiger partial charge in [-0.05, 0) is 31.2 Å². The minimum atomic E-state index is 0.594. The zero-order valence-corrected chi connectivity index (χ0v) is 11.6. The summed E-state index contributed by atoms with van der Waals surface area (Å²) < 4.78 is 2.16. The number of imidazole rings is 1. The van der Waals surface area contributed by atoms with Crippen molar-refractivity contribution < 1.29 is 0 Å². The van der Waals surface area contributed by atoms with E-state index < -0.39 is 0 Å². The molecule has 0 aliphatic carbocycles. The molecular weight excluding hydrogens is 248 g/mol. The summed E-state index contributed by atoms with van der Waals surface area (Å²) in [5.41, 5.74) is 10.1. The van der Waals surface area contributed by atoms with Crippen LogP contribution >= 0.6 is 0 Å². The van der Waals surface area contributed by atoms with Gasteiger partial charge in [0.2, 0.25) is 0 Å². The molecule has 1 aromatic carbocycles. The van der Waals surface area contributed by atoms with Gasteiger partial charge in [-0.25, -0.2) is 9.97 Å². The van der Waals surface area contributed by atoms with Crippen LogP contribution < -0.4 is 5.73 Å². The van der Waals surface area contributed by atoms with Crippen molar-refractivity contribution in [3.8, 4) is 0 Å². The van der Waals surface area contributed by atoms with E-state index >= 15 is 0 Å². The van der Waals surface area contributed by atoms with Crippen LogP contribution in [0.2, 0.25) is 0 Å². The van der Waals surface area contributed by atoms with E-state index in [-0.39, 0.29) is 0 Å². The summed E-state index contributed by atoms with van der Waals surface area (Å²) >= 11 is 0. The van der Waals surface area contributed by atoms with E-state index in [9.17, 15) is 0 Å². The van der Waals surface area contributed by atoms with Gasteiger partial charge >= 0.3 is 0 Å². The smallest absolute Gasteiger partial charge is 0.160 e. The van der Waals surface area contributed by atoms with Crippen molar-refractivity contribution in [2.24, 2.45) is 5.73 Å². The second-order valence-electron chi connectivity index (χ2n) is 4.99. The number of fused-ring (bicyclic) bond motifs is 1. The first kappa shape index (κ1) is 12.8. The van der Waals surface area contributed by atoms with E-state index in [2.05, 4.69) is 45.7 Å². The van der Waals surface area contributed by atoms with E-state index in [0.29, 0.717) is 6.54 Å². The third-order valence-corrected chi connectivity index (χ3v) is 3.37. The van der Waals surface area contributed by atoms with Gasteiger partial charge in [0.1, 0.15) is 11.3 Å². The molecule has 0 atom stereocenters. The topological polar surface area (TPSA) is 56.7 Å². The number of rotatable bonds is 4. The minimum Gasteiger partial charge on any atom is -0.330 e. The Morgan fingerprint density at radius 1 is 1.20 bits per heavy atom. The monoisotopic (exact) mass is 266 g/mol. The maximum atomic E-state index is 5.70. The van der Waals surface area contributed by atoms with Crippen molar-refractivity contribution in [2.45, 2.75) is 19.9 Å². The molecule has 102 valence electrons. The fourth-order valence-corrected chi connectivity index (χ4v) is 2.48. The molecule has 0 radical (unpaired) electrons. The van der Waals surface area contributed by atoms with Crippen LogP contribution in [-0.2, 0) is 13.0 Å². The lowest BCUT2D eigenvalue weighted by molar-refractivity contribution is 0.728. The fraction of sp³-hybridized carbons (Fsp3) is 0.250. The molecule has 2 heterocycles. The molecule has 20 heavy (non-hydrogen) atoms. The molecule has 0 aliphatic heterocycles. The Labute approximate surface area is 118 Å². The van der Waals surface area contributed by atoms with E-state index in [1.165, 1.54) is 11.1 Å². The van der Waals surface area contributed by atoms with E-state index in [0.717, 1.165) is 30.0 Å². The van der Waals surface area contributed by atoms with Gasteiger partial charge in [0.05, 0.1) is 6.54 Å². The van der Waals surface area contributed by atoms with Gasteiger partial charge in [-0.15, -0.1) is 0 Å². The summed E-state index contributed by atoms with van der Waals surface area (Å²) in [4.78, 5) is 9.10. The summed E-state index contributed by atoms with van der Waals surface area (Å²) in [5, 5.41) is 0. The van der Waals surface area contributed by atoms with E-state index in [1.807, 2.05) is 18.3 Å². The second kappa shape index (κ2) is 5.43.